The van der Waals surface area contributed by atoms with E-state index in [9.17, 15) is 27.9 Å². The van der Waals surface area contributed by atoms with Crippen molar-refractivity contribution >= 4 is 18.0 Å². The maximum absolute atomic E-state index is 12.9. The van der Waals surface area contributed by atoms with Crippen molar-refractivity contribution in [2.45, 2.75) is 58.7 Å². The molecule has 0 aromatic heterocycles. The zero-order chi connectivity index (χ0) is 23.4. The van der Waals surface area contributed by atoms with Gasteiger partial charge in [-0.25, -0.2) is 4.79 Å². The van der Waals surface area contributed by atoms with Gasteiger partial charge in [-0.2, -0.15) is 13.2 Å². The Morgan fingerprint density at radius 3 is 2.58 bits per heavy atom. The molecular weight excluding hydrogens is 413 g/mol. The van der Waals surface area contributed by atoms with Crippen LogP contribution in [0.15, 0.2) is 29.8 Å². The van der Waals surface area contributed by atoms with Crippen LogP contribution in [0.1, 0.15) is 58.1 Å². The van der Waals surface area contributed by atoms with E-state index in [2.05, 4.69) is 20.8 Å². The molecule has 1 N–H and O–H groups in total. The number of hydrogen-bond donors (Lipinski definition) is 1. The van der Waals surface area contributed by atoms with Gasteiger partial charge in [0.15, 0.2) is 5.60 Å². The standard InChI is InChI=1S/C23H29F3O5/c1-15(11-21(2,3)4)8-19(28)30-14-22(13-27)12-17(20(29)31-22)9-16-6-5-7-18(10-16)23(24,25)26/h5-7,9-10,15,27H,8,11-14H2,1-4H3/b17-9-. The number of aliphatic hydroxyl groups is 1. The lowest BCUT2D eigenvalue weighted by molar-refractivity contribution is -0.166. The van der Waals surface area contributed by atoms with Crippen molar-refractivity contribution in [2.24, 2.45) is 11.3 Å². The van der Waals surface area contributed by atoms with Gasteiger partial charge < -0.3 is 14.6 Å². The van der Waals surface area contributed by atoms with Gasteiger partial charge in [0.1, 0.15) is 6.61 Å². The molecule has 2 unspecified atom stereocenters. The molecule has 1 aromatic carbocycles. The van der Waals surface area contributed by atoms with Gasteiger partial charge in [-0.1, -0.05) is 39.8 Å². The Balaban J connectivity index is 2.05. The third-order valence-corrected chi connectivity index (χ3v) is 4.90. The molecule has 2 atom stereocenters. The SMILES string of the molecule is CC(CC(=O)OCC1(CO)C/C(=C/c2cccc(C(F)(F)F)c2)C(=O)O1)CC(C)(C)C. The number of carbonyl (C=O) groups is 2. The number of cyclic esters (lactones) is 1. The van der Waals surface area contributed by atoms with E-state index < -0.39 is 35.9 Å². The molecule has 0 aliphatic carbocycles. The maximum atomic E-state index is 12.9. The van der Waals surface area contributed by atoms with Crippen molar-refractivity contribution in [3.63, 3.8) is 0 Å². The Kier molecular flexibility index (Phi) is 7.57. The van der Waals surface area contributed by atoms with Gasteiger partial charge in [-0.3, -0.25) is 4.79 Å². The molecule has 172 valence electrons. The molecule has 5 nitrogen and oxygen atoms in total. The summed E-state index contributed by atoms with van der Waals surface area (Å²) in [5.41, 5.74) is -1.92. The lowest BCUT2D eigenvalue weighted by Gasteiger charge is -2.25. The summed E-state index contributed by atoms with van der Waals surface area (Å²) in [5.74, 6) is -1.13. The summed E-state index contributed by atoms with van der Waals surface area (Å²) in [6, 6.07) is 4.55. The molecule has 1 saturated heterocycles. The van der Waals surface area contributed by atoms with E-state index in [0.29, 0.717) is 0 Å². The number of halogens is 3. The number of aliphatic hydroxyl groups excluding tert-OH is 1. The predicted octanol–water partition coefficient (Wildman–Crippen LogP) is 4.77. The minimum atomic E-state index is -4.50. The van der Waals surface area contributed by atoms with Crippen LogP contribution in [0.25, 0.3) is 6.08 Å². The third kappa shape index (κ3) is 7.38. The van der Waals surface area contributed by atoms with Crippen LogP contribution >= 0.6 is 0 Å². The summed E-state index contributed by atoms with van der Waals surface area (Å²) in [6.07, 6.45) is -2.27. The molecule has 1 fully saturated rings. The van der Waals surface area contributed by atoms with E-state index in [1.54, 1.807) is 0 Å². The van der Waals surface area contributed by atoms with E-state index in [0.717, 1.165) is 18.6 Å². The predicted molar refractivity (Wildman–Crippen MR) is 109 cm³/mol. The molecule has 0 radical (unpaired) electrons. The Morgan fingerprint density at radius 1 is 1.32 bits per heavy atom. The van der Waals surface area contributed by atoms with Crippen LogP contribution in [0.2, 0.25) is 0 Å². The minimum Gasteiger partial charge on any atom is -0.461 e. The number of ether oxygens (including phenoxy) is 2. The van der Waals surface area contributed by atoms with Crippen LogP contribution in [-0.4, -0.2) is 35.9 Å². The summed E-state index contributed by atoms with van der Waals surface area (Å²) in [4.78, 5) is 24.4. The Hall–Kier alpha value is -2.35. The van der Waals surface area contributed by atoms with Crippen LogP contribution in [-0.2, 0) is 25.2 Å². The van der Waals surface area contributed by atoms with Crippen molar-refractivity contribution < 1.29 is 37.3 Å². The Labute approximate surface area is 180 Å². The van der Waals surface area contributed by atoms with Crippen molar-refractivity contribution in [1.82, 2.24) is 0 Å². The normalized spacial score (nSPS) is 21.8. The zero-order valence-electron chi connectivity index (χ0n) is 18.2. The average Bonchev–Trinajstić information content (AvgIpc) is 2.94. The number of alkyl halides is 3. The molecule has 0 saturated carbocycles. The second-order valence-electron chi connectivity index (χ2n) is 9.43. The summed E-state index contributed by atoms with van der Waals surface area (Å²) < 4.78 is 49.2. The Bertz CT molecular complexity index is 838. The molecular formula is C23H29F3O5. The first-order chi connectivity index (χ1) is 14.2. The zero-order valence-corrected chi connectivity index (χ0v) is 18.2. The number of rotatable bonds is 7. The highest BCUT2D eigenvalue weighted by molar-refractivity contribution is 5.96. The first-order valence-corrected chi connectivity index (χ1v) is 10.1. The van der Waals surface area contributed by atoms with Gasteiger partial charge >= 0.3 is 18.1 Å². The fourth-order valence-electron chi connectivity index (χ4n) is 3.72. The van der Waals surface area contributed by atoms with Gasteiger partial charge in [0.25, 0.3) is 0 Å². The first kappa shape index (κ1) is 24.9. The van der Waals surface area contributed by atoms with Gasteiger partial charge in [0, 0.05) is 18.4 Å². The van der Waals surface area contributed by atoms with Gasteiger partial charge in [-0.15, -0.1) is 0 Å². The molecule has 1 heterocycles. The van der Waals surface area contributed by atoms with Crippen LogP contribution in [0.4, 0.5) is 13.2 Å². The van der Waals surface area contributed by atoms with Crippen LogP contribution < -0.4 is 0 Å². The molecule has 1 aromatic rings. The highest BCUT2D eigenvalue weighted by Crippen LogP contribution is 2.34. The van der Waals surface area contributed by atoms with E-state index in [1.807, 2.05) is 6.92 Å². The second kappa shape index (κ2) is 9.42. The number of esters is 2. The van der Waals surface area contributed by atoms with Crippen molar-refractivity contribution in [3.05, 3.63) is 41.0 Å². The number of carbonyl (C=O) groups excluding carboxylic acids is 2. The fraction of sp³-hybridized carbons (Fsp3) is 0.565. The molecule has 8 heteroatoms. The third-order valence-electron chi connectivity index (χ3n) is 4.90. The van der Waals surface area contributed by atoms with E-state index in [4.69, 9.17) is 9.47 Å². The van der Waals surface area contributed by atoms with Crippen LogP contribution in [0.3, 0.4) is 0 Å². The largest absolute Gasteiger partial charge is 0.461 e. The second-order valence-corrected chi connectivity index (χ2v) is 9.43. The summed E-state index contributed by atoms with van der Waals surface area (Å²) in [6.45, 7) is 7.27. The van der Waals surface area contributed by atoms with Crippen molar-refractivity contribution in [3.8, 4) is 0 Å². The maximum Gasteiger partial charge on any atom is 0.416 e. The highest BCUT2D eigenvalue weighted by atomic mass is 19.4. The minimum absolute atomic E-state index is 0.0656. The number of benzene rings is 1. The van der Waals surface area contributed by atoms with E-state index in [1.165, 1.54) is 18.2 Å². The molecule has 2 rings (SSSR count). The number of hydrogen-bond acceptors (Lipinski definition) is 5. The van der Waals surface area contributed by atoms with E-state index >= 15 is 0 Å². The monoisotopic (exact) mass is 442 g/mol. The first-order valence-electron chi connectivity index (χ1n) is 10.1. The molecule has 31 heavy (non-hydrogen) atoms. The molecule has 0 bridgehead atoms. The lowest BCUT2D eigenvalue weighted by Crippen LogP contribution is -2.39. The van der Waals surface area contributed by atoms with Crippen molar-refractivity contribution in [1.29, 1.82) is 0 Å². The molecule has 1 aliphatic heterocycles. The average molecular weight is 442 g/mol. The molecule has 0 spiro atoms. The van der Waals surface area contributed by atoms with E-state index in [-0.39, 0.29) is 41.9 Å². The summed E-state index contributed by atoms with van der Waals surface area (Å²) in [5, 5.41) is 9.77. The lowest BCUT2D eigenvalue weighted by atomic mass is 9.84. The van der Waals surface area contributed by atoms with Crippen LogP contribution in [0.5, 0.6) is 0 Å². The molecule has 0 amide bonds. The summed E-state index contributed by atoms with van der Waals surface area (Å²) >= 11 is 0. The van der Waals surface area contributed by atoms with Crippen LogP contribution in [0, 0.1) is 11.3 Å². The topological polar surface area (TPSA) is 72.8 Å². The smallest absolute Gasteiger partial charge is 0.416 e. The quantitative estimate of drug-likeness (QED) is 0.486. The summed E-state index contributed by atoms with van der Waals surface area (Å²) in [7, 11) is 0. The van der Waals surface area contributed by atoms with Crippen molar-refractivity contribution in [2.75, 3.05) is 13.2 Å². The fourth-order valence-corrected chi connectivity index (χ4v) is 3.72. The van der Waals surface area contributed by atoms with Gasteiger partial charge in [-0.05, 0) is 41.5 Å². The Morgan fingerprint density at radius 2 is 2.00 bits per heavy atom. The highest BCUT2D eigenvalue weighted by Gasteiger charge is 2.44. The van der Waals surface area contributed by atoms with Gasteiger partial charge in [0.05, 0.1) is 12.2 Å². The van der Waals surface area contributed by atoms with Gasteiger partial charge in [0.2, 0.25) is 0 Å². The molecule has 1 aliphatic rings.